The first-order valence-electron chi connectivity index (χ1n) is 5.52. The highest BCUT2D eigenvalue weighted by Crippen LogP contribution is 2.24. The Morgan fingerprint density at radius 3 is 2.89 bits per heavy atom. The molecule has 0 bridgehead atoms. The average Bonchev–Trinajstić information content (AvgIpc) is 2.38. The number of carboxylic acid groups (broad SMARTS) is 1. The van der Waals surface area contributed by atoms with E-state index in [1.54, 1.807) is 30.9 Å². The summed E-state index contributed by atoms with van der Waals surface area (Å²) in [7, 11) is 0. The van der Waals surface area contributed by atoms with Gasteiger partial charge in [-0.1, -0.05) is 12.1 Å². The Bertz CT molecular complexity index is 555. The van der Waals surface area contributed by atoms with Crippen LogP contribution < -0.4 is 0 Å². The van der Waals surface area contributed by atoms with Gasteiger partial charge in [-0.3, -0.25) is 4.98 Å². The molecular weight excluding hydrogens is 246 g/mol. The van der Waals surface area contributed by atoms with E-state index in [4.69, 9.17) is 5.11 Å². The van der Waals surface area contributed by atoms with Crippen LogP contribution in [0.3, 0.4) is 0 Å². The molecule has 0 saturated carbocycles. The van der Waals surface area contributed by atoms with Crippen LogP contribution in [0.2, 0.25) is 0 Å². The highest BCUT2D eigenvalue weighted by Gasteiger charge is 2.08. The lowest BCUT2D eigenvalue weighted by Gasteiger charge is -2.05. The van der Waals surface area contributed by atoms with Gasteiger partial charge in [0.15, 0.2) is 0 Å². The number of carbonyl (C=O) groups is 1. The van der Waals surface area contributed by atoms with Crippen molar-refractivity contribution in [2.24, 2.45) is 0 Å². The molecule has 0 atom stereocenters. The molecule has 1 aromatic heterocycles. The van der Waals surface area contributed by atoms with Gasteiger partial charge in [0.2, 0.25) is 0 Å². The number of aromatic carboxylic acids is 1. The monoisotopic (exact) mass is 259 g/mol. The fraction of sp³-hybridized carbons (Fsp3) is 0.143. The molecule has 4 heteroatoms. The summed E-state index contributed by atoms with van der Waals surface area (Å²) in [5, 5.41) is 9.06. The minimum atomic E-state index is -0.878. The number of benzene rings is 1. The minimum Gasteiger partial charge on any atom is -0.478 e. The Morgan fingerprint density at radius 2 is 2.22 bits per heavy atom. The van der Waals surface area contributed by atoms with Crippen LogP contribution in [-0.4, -0.2) is 16.1 Å². The van der Waals surface area contributed by atoms with Crippen LogP contribution in [0.4, 0.5) is 0 Å². The van der Waals surface area contributed by atoms with E-state index in [-0.39, 0.29) is 0 Å². The number of thioether (sulfide) groups is 1. The van der Waals surface area contributed by atoms with Crippen molar-refractivity contribution in [3.8, 4) is 0 Å². The van der Waals surface area contributed by atoms with Gasteiger partial charge in [-0.25, -0.2) is 4.79 Å². The Hall–Kier alpha value is -1.81. The van der Waals surface area contributed by atoms with Crippen molar-refractivity contribution in [3.63, 3.8) is 0 Å². The van der Waals surface area contributed by atoms with Gasteiger partial charge < -0.3 is 5.11 Å². The van der Waals surface area contributed by atoms with Crippen LogP contribution in [0, 0.1) is 6.92 Å². The zero-order valence-corrected chi connectivity index (χ0v) is 10.8. The zero-order valence-electron chi connectivity index (χ0n) is 9.96. The van der Waals surface area contributed by atoms with Crippen LogP contribution in [-0.2, 0) is 5.75 Å². The molecule has 0 amide bonds. The van der Waals surface area contributed by atoms with E-state index in [1.165, 1.54) is 0 Å². The first-order valence-corrected chi connectivity index (χ1v) is 6.51. The second-order valence-corrected chi connectivity index (χ2v) is 4.98. The zero-order chi connectivity index (χ0) is 13.0. The maximum absolute atomic E-state index is 11.0. The van der Waals surface area contributed by atoms with Gasteiger partial charge in [-0.2, -0.15) is 0 Å². The highest BCUT2D eigenvalue weighted by molar-refractivity contribution is 7.98. The van der Waals surface area contributed by atoms with E-state index >= 15 is 0 Å². The third-order valence-corrected chi connectivity index (χ3v) is 3.63. The molecule has 1 heterocycles. The summed E-state index contributed by atoms with van der Waals surface area (Å²) in [5.74, 6) is -0.0907. The van der Waals surface area contributed by atoms with E-state index in [1.807, 2.05) is 30.5 Å². The Morgan fingerprint density at radius 1 is 1.39 bits per heavy atom. The van der Waals surface area contributed by atoms with Gasteiger partial charge in [0.05, 0.1) is 5.56 Å². The lowest BCUT2D eigenvalue weighted by molar-refractivity contribution is 0.0696. The highest BCUT2D eigenvalue weighted by atomic mass is 32.2. The molecule has 0 unspecified atom stereocenters. The number of aromatic nitrogens is 1. The van der Waals surface area contributed by atoms with Crippen molar-refractivity contribution in [2.45, 2.75) is 17.6 Å². The maximum Gasteiger partial charge on any atom is 0.335 e. The molecule has 0 fully saturated rings. The predicted octanol–water partition coefficient (Wildman–Crippen LogP) is 3.38. The van der Waals surface area contributed by atoms with Crippen LogP contribution in [0.5, 0.6) is 0 Å². The number of aryl methyl sites for hydroxylation is 1. The van der Waals surface area contributed by atoms with Crippen LogP contribution >= 0.6 is 11.8 Å². The van der Waals surface area contributed by atoms with Gasteiger partial charge in [0.25, 0.3) is 0 Å². The first kappa shape index (κ1) is 12.6. The minimum absolute atomic E-state index is 0.367. The molecule has 0 aliphatic carbocycles. The van der Waals surface area contributed by atoms with E-state index in [2.05, 4.69) is 4.98 Å². The van der Waals surface area contributed by atoms with Crippen molar-refractivity contribution in [2.75, 3.05) is 0 Å². The number of carboxylic acids is 1. The van der Waals surface area contributed by atoms with E-state index in [0.29, 0.717) is 5.56 Å². The van der Waals surface area contributed by atoms with Crippen LogP contribution in [0.15, 0.2) is 47.6 Å². The average molecular weight is 259 g/mol. The topological polar surface area (TPSA) is 50.2 Å². The summed E-state index contributed by atoms with van der Waals surface area (Å²) in [4.78, 5) is 16.0. The molecule has 0 aliphatic rings. The summed E-state index contributed by atoms with van der Waals surface area (Å²) in [5.41, 5.74) is 2.28. The second-order valence-electron chi connectivity index (χ2n) is 3.93. The lowest BCUT2D eigenvalue weighted by atomic mass is 10.1. The molecule has 18 heavy (non-hydrogen) atoms. The second kappa shape index (κ2) is 5.69. The van der Waals surface area contributed by atoms with Gasteiger partial charge in [0.1, 0.15) is 0 Å². The SMILES string of the molecule is Cc1ccc(SCc2cccnc2)cc1C(=O)O. The Balaban J connectivity index is 2.11. The van der Waals surface area contributed by atoms with Gasteiger partial charge in [-0.15, -0.1) is 11.8 Å². The molecule has 2 aromatic rings. The van der Waals surface area contributed by atoms with Crippen LogP contribution in [0.25, 0.3) is 0 Å². The summed E-state index contributed by atoms with van der Waals surface area (Å²) in [6.45, 7) is 1.80. The summed E-state index contributed by atoms with van der Waals surface area (Å²) >= 11 is 1.61. The molecule has 0 saturated heterocycles. The number of hydrogen-bond donors (Lipinski definition) is 1. The van der Waals surface area contributed by atoms with Crippen molar-refractivity contribution >= 4 is 17.7 Å². The number of rotatable bonds is 4. The molecule has 3 nitrogen and oxygen atoms in total. The van der Waals surface area contributed by atoms with Crippen molar-refractivity contribution < 1.29 is 9.90 Å². The first-order chi connectivity index (χ1) is 8.66. The molecule has 1 N–H and O–H groups in total. The lowest BCUT2D eigenvalue weighted by Crippen LogP contribution is -1.99. The molecule has 2 rings (SSSR count). The van der Waals surface area contributed by atoms with E-state index in [9.17, 15) is 4.79 Å². The largest absolute Gasteiger partial charge is 0.478 e. The van der Waals surface area contributed by atoms with Gasteiger partial charge in [-0.05, 0) is 36.2 Å². The molecule has 0 radical (unpaired) electrons. The van der Waals surface area contributed by atoms with Crippen molar-refractivity contribution in [1.29, 1.82) is 0 Å². The molecular formula is C14H13NO2S. The fourth-order valence-electron chi connectivity index (χ4n) is 1.57. The maximum atomic E-state index is 11.0. The smallest absolute Gasteiger partial charge is 0.335 e. The van der Waals surface area contributed by atoms with Gasteiger partial charge in [0, 0.05) is 23.0 Å². The third kappa shape index (κ3) is 3.11. The molecule has 92 valence electrons. The Labute approximate surface area is 110 Å². The third-order valence-electron chi connectivity index (χ3n) is 2.57. The Kier molecular flexibility index (Phi) is 3.99. The van der Waals surface area contributed by atoms with Crippen molar-refractivity contribution in [3.05, 3.63) is 59.4 Å². The molecule has 0 aliphatic heterocycles. The standard InChI is InChI=1S/C14H13NO2S/c1-10-4-5-12(7-13(10)14(16)17)18-9-11-3-2-6-15-8-11/h2-8H,9H2,1H3,(H,16,17). The van der Waals surface area contributed by atoms with Crippen LogP contribution in [0.1, 0.15) is 21.5 Å². The van der Waals surface area contributed by atoms with Crippen molar-refractivity contribution in [1.82, 2.24) is 4.98 Å². The van der Waals surface area contributed by atoms with E-state index < -0.39 is 5.97 Å². The number of hydrogen-bond acceptors (Lipinski definition) is 3. The molecule has 1 aromatic carbocycles. The predicted molar refractivity (Wildman–Crippen MR) is 71.9 cm³/mol. The normalized spacial score (nSPS) is 10.3. The summed E-state index contributed by atoms with van der Waals surface area (Å²) in [6.07, 6.45) is 3.56. The van der Waals surface area contributed by atoms with Gasteiger partial charge >= 0.3 is 5.97 Å². The number of pyridine rings is 1. The molecule has 0 spiro atoms. The van der Waals surface area contributed by atoms with E-state index in [0.717, 1.165) is 21.8 Å². The number of nitrogens with zero attached hydrogens (tertiary/aromatic N) is 1. The quantitative estimate of drug-likeness (QED) is 0.855. The summed E-state index contributed by atoms with van der Waals surface area (Å²) < 4.78 is 0. The summed E-state index contributed by atoms with van der Waals surface area (Å²) in [6, 6.07) is 9.41. The fourth-order valence-corrected chi connectivity index (χ4v) is 2.44.